The Hall–Kier alpha value is -0.380. The van der Waals surface area contributed by atoms with Crippen molar-refractivity contribution < 1.29 is 36.0 Å². The van der Waals surface area contributed by atoms with Crippen molar-refractivity contribution >= 4 is 10.1 Å². The van der Waals surface area contributed by atoms with Crippen LogP contribution in [-0.4, -0.2) is 42.5 Å². The maximum absolute atomic E-state index is 11.7. The Morgan fingerprint density at radius 3 is 2.00 bits per heavy atom. The van der Waals surface area contributed by atoms with Gasteiger partial charge in [-0.05, 0) is 13.8 Å². The van der Waals surface area contributed by atoms with Crippen molar-refractivity contribution in [2.45, 2.75) is 31.1 Å². The van der Waals surface area contributed by atoms with Gasteiger partial charge in [-0.1, -0.05) is 0 Å². The number of hydrogen-bond donors (Lipinski definition) is 2. The Morgan fingerprint density at radius 2 is 1.73 bits per heavy atom. The number of rotatable bonds is 4. The summed E-state index contributed by atoms with van der Waals surface area (Å²) < 4.78 is 59.4. The van der Waals surface area contributed by atoms with Gasteiger partial charge in [-0.3, -0.25) is 4.18 Å². The van der Waals surface area contributed by atoms with Crippen LogP contribution in [0.5, 0.6) is 0 Å². The third kappa shape index (κ3) is 4.33. The van der Waals surface area contributed by atoms with E-state index in [1.54, 1.807) is 0 Å². The molecule has 0 unspecified atom stereocenters. The topological polar surface area (TPSA) is 83.8 Å². The lowest BCUT2D eigenvalue weighted by atomic mass is 10.0. The Bertz CT molecular complexity index is 302. The molecule has 2 N–H and O–H groups in total. The van der Waals surface area contributed by atoms with Crippen molar-refractivity contribution in [2.75, 3.05) is 6.61 Å². The predicted molar refractivity (Wildman–Crippen MR) is 43.2 cm³/mol. The van der Waals surface area contributed by atoms with Crippen LogP contribution in [0.15, 0.2) is 0 Å². The highest BCUT2D eigenvalue weighted by atomic mass is 32.2. The highest BCUT2D eigenvalue weighted by molar-refractivity contribution is 7.87. The second kappa shape index (κ2) is 4.24. The molecular formula is C6H11F3O5S. The fourth-order valence-electron chi connectivity index (χ4n) is 0.425. The molecular weight excluding hydrogens is 241 g/mol. The minimum absolute atomic E-state index is 1.10. The zero-order chi connectivity index (χ0) is 12.5. The first-order valence-corrected chi connectivity index (χ1v) is 5.15. The van der Waals surface area contributed by atoms with E-state index in [0.717, 1.165) is 13.8 Å². The maximum atomic E-state index is 11.7. The smallest absolute Gasteiger partial charge is 0.388 e. The molecule has 15 heavy (non-hydrogen) atoms. The number of halogens is 3. The average molecular weight is 252 g/mol. The fourth-order valence-corrected chi connectivity index (χ4v) is 0.866. The Balaban J connectivity index is 4.43. The van der Waals surface area contributed by atoms with E-state index < -0.39 is 33.9 Å². The summed E-state index contributed by atoms with van der Waals surface area (Å²) in [5, 5.41) is 18.1. The van der Waals surface area contributed by atoms with Crippen molar-refractivity contribution in [3.05, 3.63) is 0 Å². The molecule has 1 atom stereocenters. The Labute approximate surface area is 84.6 Å². The molecule has 0 saturated carbocycles. The summed E-state index contributed by atoms with van der Waals surface area (Å²) in [6.07, 6.45) is -1.74. The van der Waals surface area contributed by atoms with E-state index in [2.05, 4.69) is 4.18 Å². The van der Waals surface area contributed by atoms with Crippen LogP contribution in [0.4, 0.5) is 13.2 Å². The summed E-state index contributed by atoms with van der Waals surface area (Å²) in [5.74, 6) is 0. The Morgan fingerprint density at radius 1 is 1.33 bits per heavy atom. The summed E-state index contributed by atoms with van der Waals surface area (Å²) in [5.41, 5.74) is -7.28. The molecule has 0 spiro atoms. The average Bonchev–Trinajstić information content (AvgIpc) is 1.96. The lowest BCUT2D eigenvalue weighted by Gasteiger charge is -2.23. The SMILES string of the molecule is CC(C)(O)[C@H](O)COS(=O)(=O)C(F)(F)F. The largest absolute Gasteiger partial charge is 0.523 e. The van der Waals surface area contributed by atoms with Crippen molar-refractivity contribution in [3.63, 3.8) is 0 Å². The summed E-state index contributed by atoms with van der Waals surface area (Å²) in [6, 6.07) is 0. The number of aliphatic hydroxyl groups is 2. The molecule has 0 rings (SSSR count). The van der Waals surface area contributed by atoms with E-state index in [1.807, 2.05) is 0 Å². The van der Waals surface area contributed by atoms with Gasteiger partial charge in [0, 0.05) is 0 Å². The van der Waals surface area contributed by atoms with Gasteiger partial charge in [0.25, 0.3) is 0 Å². The molecule has 0 aliphatic rings. The van der Waals surface area contributed by atoms with Crippen LogP contribution in [-0.2, 0) is 14.3 Å². The monoisotopic (exact) mass is 252 g/mol. The van der Waals surface area contributed by atoms with E-state index in [-0.39, 0.29) is 0 Å². The van der Waals surface area contributed by atoms with E-state index in [0.29, 0.717) is 0 Å². The van der Waals surface area contributed by atoms with Gasteiger partial charge in [-0.25, -0.2) is 0 Å². The third-order valence-corrected chi connectivity index (χ3v) is 2.49. The van der Waals surface area contributed by atoms with Crippen LogP contribution in [0.1, 0.15) is 13.8 Å². The van der Waals surface area contributed by atoms with E-state index in [1.165, 1.54) is 0 Å². The molecule has 0 radical (unpaired) electrons. The number of hydrogen-bond acceptors (Lipinski definition) is 5. The quantitative estimate of drug-likeness (QED) is 0.543. The first kappa shape index (κ1) is 14.6. The molecule has 0 bridgehead atoms. The van der Waals surface area contributed by atoms with Gasteiger partial charge < -0.3 is 10.2 Å². The normalized spacial score (nSPS) is 16.5. The molecule has 0 aromatic rings. The van der Waals surface area contributed by atoms with Gasteiger partial charge in [-0.15, -0.1) is 0 Å². The molecule has 92 valence electrons. The lowest BCUT2D eigenvalue weighted by molar-refractivity contribution is -0.0790. The van der Waals surface area contributed by atoms with Gasteiger partial charge in [0.05, 0.1) is 12.2 Å². The molecule has 0 saturated heterocycles. The summed E-state index contributed by atoms with van der Waals surface area (Å²) in [6.45, 7) is 1.04. The first-order valence-electron chi connectivity index (χ1n) is 3.74. The van der Waals surface area contributed by atoms with Crippen LogP contribution in [0.2, 0.25) is 0 Å². The third-order valence-electron chi connectivity index (χ3n) is 1.48. The van der Waals surface area contributed by atoms with Crippen LogP contribution in [0.25, 0.3) is 0 Å². The van der Waals surface area contributed by atoms with Gasteiger partial charge in [0.2, 0.25) is 0 Å². The standard InChI is InChI=1S/C6H11F3O5S/c1-5(2,11)4(10)3-14-15(12,13)6(7,8)9/h4,10-11H,3H2,1-2H3/t4-/m1/s1. The highest BCUT2D eigenvalue weighted by Gasteiger charge is 2.47. The van der Waals surface area contributed by atoms with Crippen LogP contribution in [0, 0.1) is 0 Å². The fraction of sp³-hybridized carbons (Fsp3) is 1.00. The van der Waals surface area contributed by atoms with Gasteiger partial charge in [-0.2, -0.15) is 21.6 Å². The zero-order valence-corrected chi connectivity index (χ0v) is 8.76. The van der Waals surface area contributed by atoms with Crippen molar-refractivity contribution in [1.82, 2.24) is 0 Å². The molecule has 5 nitrogen and oxygen atoms in total. The van der Waals surface area contributed by atoms with E-state index in [4.69, 9.17) is 10.2 Å². The van der Waals surface area contributed by atoms with Crippen molar-refractivity contribution in [1.29, 1.82) is 0 Å². The van der Waals surface area contributed by atoms with Crippen LogP contribution < -0.4 is 0 Å². The molecule has 0 fully saturated rings. The first-order chi connectivity index (χ1) is 6.38. The minimum Gasteiger partial charge on any atom is -0.388 e. The van der Waals surface area contributed by atoms with Gasteiger partial charge in [0.15, 0.2) is 0 Å². The number of alkyl halides is 3. The molecule has 0 aromatic carbocycles. The van der Waals surface area contributed by atoms with Crippen molar-refractivity contribution in [2.24, 2.45) is 0 Å². The predicted octanol–water partition coefficient (Wildman–Crippen LogP) is -0.0156. The summed E-state index contributed by atoms with van der Waals surface area (Å²) in [4.78, 5) is 0. The van der Waals surface area contributed by atoms with E-state index >= 15 is 0 Å². The second-order valence-corrected chi connectivity index (χ2v) is 4.96. The lowest BCUT2D eigenvalue weighted by Crippen LogP contribution is -2.41. The molecule has 0 heterocycles. The molecule has 0 aromatic heterocycles. The minimum atomic E-state index is -5.72. The molecule has 0 amide bonds. The second-order valence-electron chi connectivity index (χ2n) is 3.35. The molecule has 0 aliphatic heterocycles. The van der Waals surface area contributed by atoms with Gasteiger partial charge >= 0.3 is 15.6 Å². The van der Waals surface area contributed by atoms with Crippen LogP contribution in [0.3, 0.4) is 0 Å². The van der Waals surface area contributed by atoms with E-state index in [9.17, 15) is 21.6 Å². The molecule has 9 heteroatoms. The van der Waals surface area contributed by atoms with Gasteiger partial charge in [0.1, 0.15) is 6.10 Å². The Kier molecular flexibility index (Phi) is 4.13. The number of aliphatic hydroxyl groups excluding tert-OH is 1. The van der Waals surface area contributed by atoms with Crippen LogP contribution >= 0.6 is 0 Å². The summed E-state index contributed by atoms with van der Waals surface area (Å²) >= 11 is 0. The van der Waals surface area contributed by atoms with Crippen molar-refractivity contribution in [3.8, 4) is 0 Å². The molecule has 0 aliphatic carbocycles. The maximum Gasteiger partial charge on any atom is 0.523 e. The highest BCUT2D eigenvalue weighted by Crippen LogP contribution is 2.25. The zero-order valence-electron chi connectivity index (χ0n) is 7.95. The summed E-state index contributed by atoms with van der Waals surface area (Å²) in [7, 11) is -5.72.